The van der Waals surface area contributed by atoms with E-state index in [1.54, 1.807) is 37.3 Å². The normalized spacial score (nSPS) is 11.6. The second-order valence-electron chi connectivity index (χ2n) is 7.05. The molecule has 0 aliphatic carbocycles. The van der Waals surface area contributed by atoms with E-state index in [9.17, 15) is 24.0 Å². The number of ether oxygens (including phenoxy) is 1. The number of hydrogen-bond acceptors (Lipinski definition) is 6. The standard InChI is InChI=1S/C22H27N3O6/c1-4-9-18(21(29)31-5-2)23-19(27)14-24-13-17(15(3)26)20(28)25(22(24)30)12-16-10-7-6-8-11-16/h6-8,10-11,13,18H,4-5,9,12,14H2,1-3H3,(H,23,27). The molecule has 166 valence electrons. The Morgan fingerprint density at radius 2 is 1.77 bits per heavy atom. The fourth-order valence-corrected chi connectivity index (χ4v) is 3.09. The molecule has 1 N–H and O–H groups in total. The van der Waals surface area contributed by atoms with Gasteiger partial charge in [-0.15, -0.1) is 0 Å². The molecule has 1 atom stereocenters. The maximum Gasteiger partial charge on any atom is 0.331 e. The molecule has 0 aliphatic rings. The fraction of sp³-hybridized carbons (Fsp3) is 0.409. The number of benzene rings is 1. The van der Waals surface area contributed by atoms with Gasteiger partial charge in [-0.2, -0.15) is 0 Å². The van der Waals surface area contributed by atoms with E-state index in [-0.39, 0.29) is 18.7 Å². The van der Waals surface area contributed by atoms with E-state index in [2.05, 4.69) is 5.32 Å². The predicted molar refractivity (Wildman–Crippen MR) is 114 cm³/mol. The van der Waals surface area contributed by atoms with Crippen LogP contribution in [0.4, 0.5) is 0 Å². The molecule has 0 spiro atoms. The molecule has 31 heavy (non-hydrogen) atoms. The van der Waals surface area contributed by atoms with Gasteiger partial charge in [-0.05, 0) is 25.8 Å². The van der Waals surface area contributed by atoms with Crippen LogP contribution in [-0.4, -0.2) is 39.4 Å². The second-order valence-corrected chi connectivity index (χ2v) is 7.05. The van der Waals surface area contributed by atoms with Crippen LogP contribution >= 0.6 is 0 Å². The Morgan fingerprint density at radius 1 is 1.10 bits per heavy atom. The Balaban J connectivity index is 2.36. The first-order valence-electron chi connectivity index (χ1n) is 10.1. The SMILES string of the molecule is CCCC(NC(=O)Cn1cc(C(C)=O)c(=O)n(Cc2ccccc2)c1=O)C(=O)OCC. The molecule has 1 heterocycles. The lowest BCUT2D eigenvalue weighted by Crippen LogP contribution is -2.47. The maximum absolute atomic E-state index is 12.9. The van der Waals surface area contributed by atoms with Crippen molar-refractivity contribution in [2.45, 2.75) is 52.7 Å². The molecule has 0 bridgehead atoms. The van der Waals surface area contributed by atoms with Crippen LogP contribution in [0.25, 0.3) is 0 Å². The smallest absolute Gasteiger partial charge is 0.331 e. The van der Waals surface area contributed by atoms with Crippen LogP contribution in [-0.2, 0) is 27.4 Å². The molecule has 1 unspecified atom stereocenters. The lowest BCUT2D eigenvalue weighted by Gasteiger charge is -2.17. The highest BCUT2D eigenvalue weighted by Gasteiger charge is 2.22. The number of nitrogens with one attached hydrogen (secondary N) is 1. The van der Waals surface area contributed by atoms with Crippen LogP contribution < -0.4 is 16.6 Å². The first-order chi connectivity index (χ1) is 14.8. The van der Waals surface area contributed by atoms with Crippen molar-refractivity contribution in [3.05, 3.63) is 68.5 Å². The van der Waals surface area contributed by atoms with Crippen LogP contribution in [0.3, 0.4) is 0 Å². The summed E-state index contributed by atoms with van der Waals surface area (Å²) in [7, 11) is 0. The minimum Gasteiger partial charge on any atom is -0.464 e. The predicted octanol–water partition coefficient (Wildman–Crippen LogP) is 1.11. The Bertz CT molecular complexity index is 1060. The summed E-state index contributed by atoms with van der Waals surface area (Å²) < 4.78 is 6.90. The van der Waals surface area contributed by atoms with E-state index < -0.39 is 41.5 Å². The maximum atomic E-state index is 12.9. The molecule has 0 aliphatic heterocycles. The average Bonchev–Trinajstić information content (AvgIpc) is 2.73. The van der Waals surface area contributed by atoms with Gasteiger partial charge in [-0.1, -0.05) is 43.7 Å². The lowest BCUT2D eigenvalue weighted by molar-refractivity contribution is -0.147. The Labute approximate surface area is 179 Å². The minimum absolute atomic E-state index is 0.0392. The average molecular weight is 429 g/mol. The molecule has 9 heteroatoms. The molecule has 2 aromatic rings. The summed E-state index contributed by atoms with van der Waals surface area (Å²) in [5.41, 5.74) is -0.937. The zero-order valence-corrected chi connectivity index (χ0v) is 17.9. The molecular formula is C22H27N3O6. The summed E-state index contributed by atoms with van der Waals surface area (Å²) in [5, 5.41) is 2.57. The topological polar surface area (TPSA) is 116 Å². The molecule has 2 rings (SSSR count). The number of hydrogen-bond donors (Lipinski definition) is 1. The molecular weight excluding hydrogens is 402 g/mol. The van der Waals surface area contributed by atoms with Gasteiger partial charge in [0, 0.05) is 6.20 Å². The quantitative estimate of drug-likeness (QED) is 0.447. The van der Waals surface area contributed by atoms with Gasteiger partial charge in [0.15, 0.2) is 5.78 Å². The van der Waals surface area contributed by atoms with E-state index >= 15 is 0 Å². The number of rotatable bonds is 10. The number of ketones is 1. The molecule has 1 amide bonds. The summed E-state index contributed by atoms with van der Waals surface area (Å²) in [4.78, 5) is 62.1. The van der Waals surface area contributed by atoms with E-state index in [1.807, 2.05) is 6.92 Å². The summed E-state index contributed by atoms with van der Waals surface area (Å²) in [6, 6.07) is 8.00. The highest BCUT2D eigenvalue weighted by molar-refractivity contribution is 5.93. The number of aromatic nitrogens is 2. The lowest BCUT2D eigenvalue weighted by atomic mass is 10.1. The van der Waals surface area contributed by atoms with Crippen molar-refractivity contribution in [2.24, 2.45) is 0 Å². The van der Waals surface area contributed by atoms with Crippen molar-refractivity contribution in [3.63, 3.8) is 0 Å². The van der Waals surface area contributed by atoms with Crippen molar-refractivity contribution >= 4 is 17.7 Å². The third kappa shape index (κ3) is 6.24. The summed E-state index contributed by atoms with van der Waals surface area (Å²) >= 11 is 0. The number of amides is 1. The van der Waals surface area contributed by atoms with Crippen molar-refractivity contribution in [1.82, 2.24) is 14.5 Å². The number of carbonyl (C=O) groups is 3. The molecule has 0 radical (unpaired) electrons. The van der Waals surface area contributed by atoms with Gasteiger partial charge in [-0.3, -0.25) is 23.5 Å². The monoisotopic (exact) mass is 429 g/mol. The first-order valence-corrected chi connectivity index (χ1v) is 10.1. The number of carbonyl (C=O) groups excluding carboxylic acids is 3. The van der Waals surface area contributed by atoms with Gasteiger partial charge in [0.25, 0.3) is 5.56 Å². The number of esters is 1. The minimum atomic E-state index is -0.837. The third-order valence-corrected chi connectivity index (χ3v) is 4.60. The number of Topliss-reactive ketones (excluding diaryl/α,β-unsaturated/α-hetero) is 1. The Kier molecular flexibility index (Phi) is 8.48. The Morgan fingerprint density at radius 3 is 2.35 bits per heavy atom. The van der Waals surface area contributed by atoms with E-state index in [1.165, 1.54) is 6.92 Å². The van der Waals surface area contributed by atoms with E-state index in [4.69, 9.17) is 4.74 Å². The summed E-state index contributed by atoms with van der Waals surface area (Å²) in [5.74, 6) is -1.67. The Hall–Kier alpha value is -3.49. The first kappa shape index (κ1) is 23.8. The van der Waals surface area contributed by atoms with E-state index in [0.29, 0.717) is 18.4 Å². The molecule has 0 saturated heterocycles. The van der Waals surface area contributed by atoms with E-state index in [0.717, 1.165) is 15.3 Å². The molecule has 1 aromatic heterocycles. The summed E-state index contributed by atoms with van der Waals surface area (Å²) in [6.45, 7) is 4.44. The molecule has 0 fully saturated rings. The number of nitrogens with zero attached hydrogens (tertiary/aromatic N) is 2. The molecule has 1 aromatic carbocycles. The van der Waals surface area contributed by atoms with Crippen molar-refractivity contribution < 1.29 is 19.1 Å². The fourth-order valence-electron chi connectivity index (χ4n) is 3.09. The highest BCUT2D eigenvalue weighted by atomic mass is 16.5. The van der Waals surface area contributed by atoms with Crippen LogP contribution in [0.15, 0.2) is 46.1 Å². The van der Waals surface area contributed by atoms with Crippen LogP contribution in [0, 0.1) is 0 Å². The van der Waals surface area contributed by atoms with Gasteiger partial charge in [0.2, 0.25) is 5.91 Å². The zero-order valence-electron chi connectivity index (χ0n) is 17.9. The van der Waals surface area contributed by atoms with Crippen molar-refractivity contribution in [2.75, 3.05) is 6.61 Å². The van der Waals surface area contributed by atoms with Crippen molar-refractivity contribution in [1.29, 1.82) is 0 Å². The van der Waals surface area contributed by atoms with Gasteiger partial charge >= 0.3 is 11.7 Å². The highest BCUT2D eigenvalue weighted by Crippen LogP contribution is 2.02. The third-order valence-electron chi connectivity index (χ3n) is 4.60. The van der Waals surface area contributed by atoms with Gasteiger partial charge in [0.1, 0.15) is 12.6 Å². The van der Waals surface area contributed by atoms with Crippen LogP contribution in [0.2, 0.25) is 0 Å². The zero-order chi connectivity index (χ0) is 23.0. The largest absolute Gasteiger partial charge is 0.464 e. The van der Waals surface area contributed by atoms with Gasteiger partial charge in [-0.25, -0.2) is 9.59 Å². The van der Waals surface area contributed by atoms with Crippen LogP contribution in [0.1, 0.15) is 49.5 Å². The van der Waals surface area contributed by atoms with Crippen LogP contribution in [0.5, 0.6) is 0 Å². The van der Waals surface area contributed by atoms with Gasteiger partial charge in [0.05, 0.1) is 18.7 Å². The van der Waals surface area contributed by atoms with Crippen molar-refractivity contribution in [3.8, 4) is 0 Å². The molecule has 0 saturated carbocycles. The second kappa shape index (κ2) is 11.1. The molecule has 9 nitrogen and oxygen atoms in total. The summed E-state index contributed by atoms with van der Waals surface area (Å²) in [6.07, 6.45) is 2.11. The van der Waals surface area contributed by atoms with Gasteiger partial charge < -0.3 is 10.1 Å².